The van der Waals surface area contributed by atoms with Crippen molar-refractivity contribution in [3.05, 3.63) is 99.5 Å². The van der Waals surface area contributed by atoms with E-state index in [1.165, 1.54) is 35.2 Å². The number of amides is 1. The Bertz CT molecular complexity index is 1190. The highest BCUT2D eigenvalue weighted by atomic mass is 19.4. The fraction of sp³-hybridized carbons (Fsp3) is 0.227. The zero-order valence-electron chi connectivity index (χ0n) is 16.5. The van der Waals surface area contributed by atoms with Crippen LogP contribution in [0.2, 0.25) is 0 Å². The molecule has 1 aromatic carbocycles. The van der Waals surface area contributed by atoms with E-state index in [2.05, 4.69) is 10.3 Å². The lowest BCUT2D eigenvalue weighted by atomic mass is 10.0. The van der Waals surface area contributed by atoms with Crippen LogP contribution in [0.3, 0.4) is 0 Å². The van der Waals surface area contributed by atoms with Crippen molar-refractivity contribution >= 4 is 5.91 Å². The summed E-state index contributed by atoms with van der Waals surface area (Å²) in [5.41, 5.74) is -0.983. The van der Waals surface area contributed by atoms with Gasteiger partial charge in [-0.3, -0.25) is 14.6 Å². The molecular weight excluding hydrogens is 430 g/mol. The molecule has 1 unspecified atom stereocenters. The molecule has 166 valence electrons. The Balaban J connectivity index is 1.68. The summed E-state index contributed by atoms with van der Waals surface area (Å²) >= 11 is 0. The predicted octanol–water partition coefficient (Wildman–Crippen LogP) is 3.49. The summed E-state index contributed by atoms with van der Waals surface area (Å²) in [4.78, 5) is 29.0. The van der Waals surface area contributed by atoms with Gasteiger partial charge in [0.05, 0.1) is 36.4 Å². The zero-order chi connectivity index (χ0) is 22.9. The Morgan fingerprint density at radius 3 is 2.44 bits per heavy atom. The molecule has 1 atom stereocenters. The molecular formula is C22H17F4N3O3. The second-order valence-electron chi connectivity index (χ2n) is 7.25. The predicted molar refractivity (Wildman–Crippen MR) is 106 cm³/mol. The Hall–Kier alpha value is -3.53. The van der Waals surface area contributed by atoms with Crippen molar-refractivity contribution in [2.24, 2.45) is 0 Å². The molecule has 1 amide bonds. The molecule has 32 heavy (non-hydrogen) atoms. The van der Waals surface area contributed by atoms with Crippen LogP contribution in [-0.2, 0) is 10.9 Å². The molecule has 1 fully saturated rings. The third-order valence-electron chi connectivity index (χ3n) is 5.12. The lowest BCUT2D eigenvalue weighted by Gasteiger charge is -2.28. The van der Waals surface area contributed by atoms with Gasteiger partial charge < -0.3 is 14.6 Å². The highest BCUT2D eigenvalue weighted by molar-refractivity contribution is 5.94. The maximum absolute atomic E-state index is 14.5. The molecule has 1 N–H and O–H groups in total. The number of alkyl halides is 3. The second kappa shape index (κ2) is 8.54. The van der Waals surface area contributed by atoms with Crippen molar-refractivity contribution in [2.75, 3.05) is 13.2 Å². The number of ether oxygens (including phenoxy) is 1. The van der Waals surface area contributed by atoms with Crippen molar-refractivity contribution in [1.82, 2.24) is 14.9 Å². The normalized spacial score (nSPS) is 15.1. The molecule has 1 aliphatic rings. The summed E-state index contributed by atoms with van der Waals surface area (Å²) < 4.78 is 59.7. The minimum absolute atomic E-state index is 0.129. The summed E-state index contributed by atoms with van der Waals surface area (Å²) in [6.45, 7) is 0.691. The van der Waals surface area contributed by atoms with Crippen LogP contribution in [0.5, 0.6) is 0 Å². The first-order valence-corrected chi connectivity index (χ1v) is 9.62. The summed E-state index contributed by atoms with van der Waals surface area (Å²) in [7, 11) is 0. The third kappa shape index (κ3) is 4.40. The third-order valence-corrected chi connectivity index (χ3v) is 5.12. The highest BCUT2D eigenvalue weighted by Gasteiger charge is 2.31. The van der Waals surface area contributed by atoms with E-state index in [1.54, 1.807) is 0 Å². The van der Waals surface area contributed by atoms with E-state index in [1.807, 2.05) is 0 Å². The number of aromatic nitrogens is 2. The van der Waals surface area contributed by atoms with E-state index in [4.69, 9.17) is 4.74 Å². The summed E-state index contributed by atoms with van der Waals surface area (Å²) in [6.07, 6.45) is -1.84. The van der Waals surface area contributed by atoms with Crippen LogP contribution in [0.1, 0.15) is 39.3 Å². The van der Waals surface area contributed by atoms with Gasteiger partial charge in [-0.25, -0.2) is 4.39 Å². The molecule has 2 aromatic heterocycles. The quantitative estimate of drug-likeness (QED) is 0.608. The van der Waals surface area contributed by atoms with Gasteiger partial charge in [-0.1, -0.05) is 12.1 Å². The van der Waals surface area contributed by atoms with Gasteiger partial charge in [0.25, 0.3) is 11.5 Å². The molecule has 10 heteroatoms. The fourth-order valence-corrected chi connectivity index (χ4v) is 3.31. The van der Waals surface area contributed by atoms with Crippen molar-refractivity contribution in [3.8, 4) is 0 Å². The van der Waals surface area contributed by atoms with E-state index >= 15 is 0 Å². The first-order chi connectivity index (χ1) is 15.2. The maximum Gasteiger partial charge on any atom is 0.416 e. The first-order valence-electron chi connectivity index (χ1n) is 9.62. The Labute approximate surface area is 179 Å². The van der Waals surface area contributed by atoms with Crippen LogP contribution < -0.4 is 10.9 Å². The number of benzene rings is 1. The fourth-order valence-electron chi connectivity index (χ4n) is 3.31. The van der Waals surface area contributed by atoms with Crippen LogP contribution in [-0.4, -0.2) is 28.7 Å². The number of pyridine rings is 2. The minimum Gasteiger partial charge on any atom is -0.377 e. The van der Waals surface area contributed by atoms with Gasteiger partial charge in [-0.05, 0) is 35.9 Å². The Kier molecular flexibility index (Phi) is 5.79. The van der Waals surface area contributed by atoms with E-state index in [0.717, 1.165) is 30.3 Å². The van der Waals surface area contributed by atoms with Crippen LogP contribution in [0.15, 0.2) is 65.7 Å². The maximum atomic E-state index is 14.5. The molecule has 6 nitrogen and oxygen atoms in total. The molecule has 1 saturated heterocycles. The second-order valence-corrected chi connectivity index (χ2v) is 7.25. The number of nitrogens with one attached hydrogen (secondary N) is 1. The monoisotopic (exact) mass is 447 g/mol. The van der Waals surface area contributed by atoms with Crippen molar-refractivity contribution in [1.29, 1.82) is 0 Å². The SMILES string of the molecule is O=C(NC(c1ccc(C(F)(F)F)cc1)c1ncccc1F)c1ccc(=O)n(C2COC2)c1. The molecule has 4 rings (SSSR count). The number of hydrogen-bond acceptors (Lipinski definition) is 4. The number of carbonyl (C=O) groups excluding carboxylic acids is 1. The smallest absolute Gasteiger partial charge is 0.377 e. The van der Waals surface area contributed by atoms with E-state index in [-0.39, 0.29) is 28.4 Å². The van der Waals surface area contributed by atoms with E-state index < -0.39 is 29.5 Å². The Morgan fingerprint density at radius 1 is 1.12 bits per heavy atom. The summed E-state index contributed by atoms with van der Waals surface area (Å²) in [6, 6.07) is 7.76. The molecule has 0 saturated carbocycles. The number of hydrogen-bond donors (Lipinski definition) is 1. The van der Waals surface area contributed by atoms with Crippen molar-refractivity contribution in [2.45, 2.75) is 18.3 Å². The lowest BCUT2D eigenvalue weighted by Crippen LogP contribution is -2.38. The number of halogens is 4. The Morgan fingerprint density at radius 2 is 1.84 bits per heavy atom. The summed E-state index contributed by atoms with van der Waals surface area (Å²) in [5.74, 6) is -1.37. The van der Waals surface area contributed by atoms with Crippen LogP contribution in [0.4, 0.5) is 17.6 Å². The molecule has 1 aliphatic heterocycles. The van der Waals surface area contributed by atoms with Crippen LogP contribution in [0, 0.1) is 5.82 Å². The molecule has 0 spiro atoms. The van der Waals surface area contributed by atoms with Gasteiger partial charge in [0.1, 0.15) is 11.5 Å². The lowest BCUT2D eigenvalue weighted by molar-refractivity contribution is -0.137. The molecule has 0 bridgehead atoms. The van der Waals surface area contributed by atoms with Gasteiger partial charge in [0.2, 0.25) is 0 Å². The van der Waals surface area contributed by atoms with E-state index in [0.29, 0.717) is 13.2 Å². The van der Waals surface area contributed by atoms with Gasteiger partial charge in [0.15, 0.2) is 0 Å². The standard InChI is InChI=1S/C22H17F4N3O3/c23-17-2-1-9-27-20(17)19(13-3-6-15(7-4-13)22(24,25)26)28-21(31)14-5-8-18(30)29(10-14)16-11-32-12-16/h1-10,16,19H,11-12H2,(H,28,31). The van der Waals surface area contributed by atoms with Crippen LogP contribution in [0.25, 0.3) is 0 Å². The van der Waals surface area contributed by atoms with Crippen LogP contribution >= 0.6 is 0 Å². The van der Waals surface area contributed by atoms with Crippen molar-refractivity contribution in [3.63, 3.8) is 0 Å². The van der Waals surface area contributed by atoms with Crippen molar-refractivity contribution < 1.29 is 27.1 Å². The molecule has 0 radical (unpaired) electrons. The highest BCUT2D eigenvalue weighted by Crippen LogP contribution is 2.31. The molecule has 3 aromatic rings. The topological polar surface area (TPSA) is 73.2 Å². The zero-order valence-corrected chi connectivity index (χ0v) is 16.5. The number of carbonyl (C=O) groups is 1. The summed E-state index contributed by atoms with van der Waals surface area (Å²) in [5, 5.41) is 2.62. The van der Waals surface area contributed by atoms with E-state index in [9.17, 15) is 27.2 Å². The largest absolute Gasteiger partial charge is 0.416 e. The first kappa shape index (κ1) is 21.7. The van der Waals surface area contributed by atoms with Gasteiger partial charge in [0, 0.05) is 18.5 Å². The number of rotatable bonds is 5. The van der Waals surface area contributed by atoms with Gasteiger partial charge in [-0.2, -0.15) is 13.2 Å². The average molecular weight is 447 g/mol. The van der Waals surface area contributed by atoms with Gasteiger partial charge in [-0.15, -0.1) is 0 Å². The van der Waals surface area contributed by atoms with Gasteiger partial charge >= 0.3 is 6.18 Å². The number of nitrogens with zero attached hydrogens (tertiary/aromatic N) is 2. The molecule has 0 aliphatic carbocycles. The minimum atomic E-state index is -4.54. The molecule has 3 heterocycles. The average Bonchev–Trinajstić information content (AvgIpc) is 2.72.